The van der Waals surface area contributed by atoms with Gasteiger partial charge in [0, 0.05) is 27.8 Å². The molecule has 1 aromatic heterocycles. The molecule has 0 fully saturated rings. The SMILES string of the molecule is CC1(C)c2ccccc2-c2ccc(N(c3ccc4c(c3)C(C)(C)c3ccccc3-4)c3cccc4c3OC3C(c5nc6ccccc6o5)=Cc5ccccc5C43)cc21. The van der Waals surface area contributed by atoms with Gasteiger partial charge in [0.05, 0.1) is 17.2 Å². The highest BCUT2D eigenvalue weighted by molar-refractivity contribution is 5.93. The van der Waals surface area contributed by atoms with Gasteiger partial charge in [-0.25, -0.2) is 4.98 Å². The van der Waals surface area contributed by atoms with Gasteiger partial charge >= 0.3 is 0 Å². The summed E-state index contributed by atoms with van der Waals surface area (Å²) in [5.74, 6) is 1.46. The summed E-state index contributed by atoms with van der Waals surface area (Å²) in [5, 5.41) is 0. The average molecular weight is 737 g/mol. The van der Waals surface area contributed by atoms with Crippen LogP contribution in [0.4, 0.5) is 17.1 Å². The van der Waals surface area contributed by atoms with E-state index in [0.717, 1.165) is 45.0 Å². The fourth-order valence-corrected chi connectivity index (χ4v) is 10.5. The molecule has 57 heavy (non-hydrogen) atoms. The van der Waals surface area contributed by atoms with Crippen LogP contribution < -0.4 is 9.64 Å². The van der Waals surface area contributed by atoms with Gasteiger partial charge in [0.15, 0.2) is 5.58 Å². The molecule has 0 saturated carbocycles. The number of rotatable bonds is 4. The number of para-hydroxylation sites is 3. The summed E-state index contributed by atoms with van der Waals surface area (Å²) in [6.07, 6.45) is 1.90. The number of anilines is 3. The van der Waals surface area contributed by atoms with Crippen LogP contribution in [-0.2, 0) is 10.8 Å². The van der Waals surface area contributed by atoms with Crippen LogP contribution in [0.25, 0.3) is 45.0 Å². The number of oxazole rings is 1. The first-order valence-electron chi connectivity index (χ1n) is 20.0. The van der Waals surface area contributed by atoms with Crippen LogP contribution in [0.15, 0.2) is 156 Å². The lowest BCUT2D eigenvalue weighted by Gasteiger charge is -2.30. The molecule has 2 atom stereocenters. The first kappa shape index (κ1) is 32.6. The lowest BCUT2D eigenvalue weighted by Crippen LogP contribution is -2.25. The van der Waals surface area contributed by atoms with E-state index in [1.165, 1.54) is 55.6 Å². The van der Waals surface area contributed by atoms with Crippen LogP contribution in [0.1, 0.15) is 78.4 Å². The maximum absolute atomic E-state index is 7.34. The van der Waals surface area contributed by atoms with Gasteiger partial charge in [0.25, 0.3) is 0 Å². The van der Waals surface area contributed by atoms with Crippen LogP contribution in [0.3, 0.4) is 0 Å². The molecule has 2 unspecified atom stereocenters. The zero-order valence-electron chi connectivity index (χ0n) is 32.4. The molecule has 8 aromatic rings. The van der Waals surface area contributed by atoms with E-state index in [9.17, 15) is 0 Å². The highest BCUT2D eigenvalue weighted by Gasteiger charge is 2.45. The minimum atomic E-state index is -0.312. The average Bonchev–Trinajstić information content (AvgIpc) is 3.97. The lowest BCUT2D eigenvalue weighted by atomic mass is 9.78. The Balaban J connectivity index is 1.06. The van der Waals surface area contributed by atoms with Crippen molar-refractivity contribution in [3.63, 3.8) is 0 Å². The number of hydrogen-bond donors (Lipinski definition) is 0. The van der Waals surface area contributed by atoms with E-state index >= 15 is 0 Å². The smallest absolute Gasteiger partial charge is 0.227 e. The standard InChI is InChI=1S/C53H40N2O2/c1-52(2)41-19-9-7-16-35(41)37-26-24-32(29-43(37)52)55(33-25-27-38-36-17-8-10-20-42(36)53(3,4)44(38)30-33)46-22-13-18-39-48-34-15-6-5-14-31(34)28-40(50(48)57-49(39)46)51-54-45-21-11-12-23-47(45)56-51/h5-30,48,50H,1-4H3. The predicted molar refractivity (Wildman–Crippen MR) is 231 cm³/mol. The molecule has 4 heteroatoms. The maximum atomic E-state index is 7.34. The van der Waals surface area contributed by atoms with Gasteiger partial charge in [-0.3, -0.25) is 0 Å². The number of fused-ring (bicyclic) bond motifs is 12. The Kier molecular flexibility index (Phi) is 6.55. The Morgan fingerprint density at radius 1 is 0.544 bits per heavy atom. The Bertz CT molecular complexity index is 2900. The van der Waals surface area contributed by atoms with Crippen LogP contribution in [0.2, 0.25) is 0 Å². The fraction of sp³-hybridized carbons (Fsp3) is 0.151. The molecular formula is C53H40N2O2. The molecule has 12 rings (SSSR count). The summed E-state index contributed by atoms with van der Waals surface area (Å²) in [7, 11) is 0. The van der Waals surface area contributed by atoms with Crippen molar-refractivity contribution in [2.24, 2.45) is 0 Å². The van der Waals surface area contributed by atoms with Gasteiger partial charge in [-0.2, -0.15) is 0 Å². The van der Waals surface area contributed by atoms with Crippen molar-refractivity contribution in [2.45, 2.75) is 50.5 Å². The molecule has 0 N–H and O–H groups in total. The van der Waals surface area contributed by atoms with Crippen LogP contribution in [-0.4, -0.2) is 11.1 Å². The van der Waals surface area contributed by atoms with E-state index in [1.54, 1.807) is 0 Å². The predicted octanol–water partition coefficient (Wildman–Crippen LogP) is 13.4. The third-order valence-electron chi connectivity index (χ3n) is 13.3. The number of nitrogens with zero attached hydrogens (tertiary/aromatic N) is 2. The maximum Gasteiger partial charge on any atom is 0.227 e. The second-order valence-electron chi connectivity index (χ2n) is 17.1. The van der Waals surface area contributed by atoms with Crippen molar-refractivity contribution >= 4 is 39.8 Å². The normalized spacial score (nSPS) is 18.4. The molecule has 0 spiro atoms. The highest BCUT2D eigenvalue weighted by atomic mass is 16.5. The van der Waals surface area contributed by atoms with E-state index in [2.05, 4.69) is 166 Å². The third-order valence-corrected chi connectivity index (χ3v) is 13.3. The van der Waals surface area contributed by atoms with E-state index in [0.29, 0.717) is 5.89 Å². The third kappa shape index (κ3) is 4.47. The van der Waals surface area contributed by atoms with Gasteiger partial charge in [0.2, 0.25) is 5.89 Å². The molecule has 7 aromatic carbocycles. The van der Waals surface area contributed by atoms with E-state index in [4.69, 9.17) is 14.1 Å². The largest absolute Gasteiger partial charge is 0.482 e. The van der Waals surface area contributed by atoms with Gasteiger partial charge in [0.1, 0.15) is 17.4 Å². The second kappa shape index (κ2) is 11.5. The van der Waals surface area contributed by atoms with Crippen molar-refractivity contribution in [1.29, 1.82) is 0 Å². The first-order chi connectivity index (χ1) is 27.8. The number of aromatic nitrogens is 1. The number of hydrogen-bond acceptors (Lipinski definition) is 4. The molecule has 0 bridgehead atoms. The molecule has 1 aliphatic heterocycles. The van der Waals surface area contributed by atoms with E-state index in [1.807, 2.05) is 24.3 Å². The molecule has 4 aliphatic rings. The number of ether oxygens (including phenoxy) is 1. The Labute approximate surface area is 332 Å². The van der Waals surface area contributed by atoms with Crippen LogP contribution in [0, 0.1) is 0 Å². The van der Waals surface area contributed by atoms with Crippen LogP contribution >= 0.6 is 0 Å². The van der Waals surface area contributed by atoms with Crippen LogP contribution in [0.5, 0.6) is 5.75 Å². The van der Waals surface area contributed by atoms with E-state index < -0.39 is 0 Å². The topological polar surface area (TPSA) is 38.5 Å². The summed E-state index contributed by atoms with van der Waals surface area (Å²) >= 11 is 0. The molecular weight excluding hydrogens is 697 g/mol. The molecule has 274 valence electrons. The minimum absolute atomic E-state index is 0.0325. The van der Waals surface area contributed by atoms with Crippen molar-refractivity contribution in [3.8, 4) is 28.0 Å². The van der Waals surface area contributed by atoms with Crippen molar-refractivity contribution in [2.75, 3.05) is 4.90 Å². The Hall–Kier alpha value is -6.65. The number of benzene rings is 7. The summed E-state index contributed by atoms with van der Waals surface area (Å²) in [6.45, 7) is 9.41. The van der Waals surface area contributed by atoms with Gasteiger partial charge in [-0.1, -0.05) is 137 Å². The summed E-state index contributed by atoms with van der Waals surface area (Å²) in [4.78, 5) is 7.42. The van der Waals surface area contributed by atoms with E-state index in [-0.39, 0.29) is 22.9 Å². The Morgan fingerprint density at radius 2 is 1.12 bits per heavy atom. The monoisotopic (exact) mass is 736 g/mol. The fourth-order valence-electron chi connectivity index (χ4n) is 10.5. The van der Waals surface area contributed by atoms with Crippen molar-refractivity contribution in [3.05, 3.63) is 196 Å². The minimum Gasteiger partial charge on any atom is -0.482 e. The summed E-state index contributed by atoms with van der Waals surface area (Å²) in [5.41, 5.74) is 19.7. The molecule has 2 heterocycles. The quantitative estimate of drug-likeness (QED) is 0.180. The first-order valence-corrected chi connectivity index (χ1v) is 20.0. The second-order valence-corrected chi connectivity index (χ2v) is 17.1. The molecule has 3 aliphatic carbocycles. The molecule has 4 nitrogen and oxygen atoms in total. The van der Waals surface area contributed by atoms with Crippen molar-refractivity contribution in [1.82, 2.24) is 4.98 Å². The zero-order valence-corrected chi connectivity index (χ0v) is 32.4. The highest BCUT2D eigenvalue weighted by Crippen LogP contribution is 2.58. The Morgan fingerprint density at radius 3 is 1.81 bits per heavy atom. The van der Waals surface area contributed by atoms with Crippen molar-refractivity contribution < 1.29 is 9.15 Å². The summed E-state index contributed by atoms with van der Waals surface area (Å²) < 4.78 is 13.8. The van der Waals surface area contributed by atoms with Gasteiger partial charge in [-0.15, -0.1) is 0 Å². The van der Waals surface area contributed by atoms with Gasteiger partial charge < -0.3 is 14.1 Å². The summed E-state index contributed by atoms with van der Waals surface area (Å²) in [6, 6.07) is 55.1. The van der Waals surface area contributed by atoms with Gasteiger partial charge in [-0.05, 0) is 104 Å². The molecule has 0 radical (unpaired) electrons. The lowest BCUT2D eigenvalue weighted by molar-refractivity contribution is 0.273. The molecule has 0 saturated heterocycles. The molecule has 0 amide bonds. The zero-order chi connectivity index (χ0) is 38.2.